The van der Waals surface area contributed by atoms with Crippen LogP contribution in [-0.4, -0.2) is 73.5 Å². The van der Waals surface area contributed by atoms with Gasteiger partial charge < -0.3 is 19.4 Å². The monoisotopic (exact) mass is 371 g/mol. The molecule has 0 atom stereocenters. The Morgan fingerprint density at radius 2 is 1.56 bits per heavy atom. The minimum absolute atomic E-state index is 0.102. The third-order valence-corrected chi connectivity index (χ3v) is 4.96. The van der Waals surface area contributed by atoms with Crippen molar-refractivity contribution in [3.05, 3.63) is 47.9 Å². The van der Waals surface area contributed by atoms with Gasteiger partial charge in [-0.15, -0.1) is 10.2 Å². The summed E-state index contributed by atoms with van der Waals surface area (Å²) >= 11 is 0. The summed E-state index contributed by atoms with van der Waals surface area (Å²) in [6.07, 6.45) is 0. The standard InChI is InChI=1S/C19H22FN5O2/c20-15-1-3-16(4-2-15)23-7-9-25(10-8-23)19(26)17-5-6-18(22-21-17)24-11-13-27-14-12-24/h1-6H,7-14H2. The van der Waals surface area contributed by atoms with Crippen LogP contribution in [0.25, 0.3) is 0 Å². The lowest BCUT2D eigenvalue weighted by molar-refractivity contribution is 0.0739. The first-order valence-electron chi connectivity index (χ1n) is 9.17. The maximum absolute atomic E-state index is 13.1. The van der Waals surface area contributed by atoms with Gasteiger partial charge in [0.05, 0.1) is 13.2 Å². The molecule has 2 fully saturated rings. The Morgan fingerprint density at radius 3 is 2.19 bits per heavy atom. The summed E-state index contributed by atoms with van der Waals surface area (Å²) in [5.41, 5.74) is 1.33. The van der Waals surface area contributed by atoms with Crippen molar-refractivity contribution in [2.24, 2.45) is 0 Å². The fourth-order valence-corrected chi connectivity index (χ4v) is 3.38. The lowest BCUT2D eigenvalue weighted by Crippen LogP contribution is -2.49. The van der Waals surface area contributed by atoms with E-state index >= 15 is 0 Å². The number of hydrogen-bond donors (Lipinski definition) is 0. The quantitative estimate of drug-likeness (QED) is 0.813. The van der Waals surface area contributed by atoms with Crippen LogP contribution in [0.5, 0.6) is 0 Å². The molecule has 2 aliphatic heterocycles. The molecule has 0 aliphatic carbocycles. The predicted octanol–water partition coefficient (Wildman–Crippen LogP) is 1.41. The minimum atomic E-state index is -0.244. The van der Waals surface area contributed by atoms with Gasteiger partial charge in [-0.05, 0) is 36.4 Å². The first-order valence-corrected chi connectivity index (χ1v) is 9.17. The highest BCUT2D eigenvalue weighted by molar-refractivity contribution is 5.92. The van der Waals surface area contributed by atoms with Gasteiger partial charge in [-0.2, -0.15) is 0 Å². The number of halogens is 1. The zero-order chi connectivity index (χ0) is 18.6. The second-order valence-electron chi connectivity index (χ2n) is 6.63. The molecule has 2 saturated heterocycles. The Labute approximate surface area is 157 Å². The minimum Gasteiger partial charge on any atom is -0.378 e. The van der Waals surface area contributed by atoms with Crippen molar-refractivity contribution in [2.75, 3.05) is 62.3 Å². The Morgan fingerprint density at radius 1 is 0.852 bits per heavy atom. The van der Waals surface area contributed by atoms with E-state index in [2.05, 4.69) is 20.0 Å². The summed E-state index contributed by atoms with van der Waals surface area (Å²) in [6.45, 7) is 5.54. The highest BCUT2D eigenvalue weighted by Gasteiger charge is 2.24. The molecule has 0 radical (unpaired) electrons. The van der Waals surface area contributed by atoms with Gasteiger partial charge in [-0.1, -0.05) is 0 Å². The molecule has 27 heavy (non-hydrogen) atoms. The molecule has 0 unspecified atom stereocenters. The van der Waals surface area contributed by atoms with Gasteiger partial charge in [0.25, 0.3) is 5.91 Å². The van der Waals surface area contributed by atoms with Crippen molar-refractivity contribution in [2.45, 2.75) is 0 Å². The molecule has 1 aromatic heterocycles. The van der Waals surface area contributed by atoms with Crippen molar-refractivity contribution in [3.8, 4) is 0 Å². The van der Waals surface area contributed by atoms with E-state index in [4.69, 9.17) is 4.74 Å². The first-order chi connectivity index (χ1) is 13.2. The van der Waals surface area contributed by atoms with Gasteiger partial charge in [-0.3, -0.25) is 4.79 Å². The molecule has 1 aromatic carbocycles. The smallest absolute Gasteiger partial charge is 0.274 e. The first kappa shape index (κ1) is 17.7. The molecule has 7 nitrogen and oxygen atoms in total. The Balaban J connectivity index is 1.35. The molecule has 0 N–H and O–H groups in total. The van der Waals surface area contributed by atoms with Gasteiger partial charge >= 0.3 is 0 Å². The SMILES string of the molecule is O=C(c1ccc(N2CCOCC2)nn1)N1CCN(c2ccc(F)cc2)CC1. The van der Waals surface area contributed by atoms with E-state index in [1.165, 1.54) is 12.1 Å². The van der Waals surface area contributed by atoms with E-state index in [1.54, 1.807) is 23.1 Å². The highest BCUT2D eigenvalue weighted by Crippen LogP contribution is 2.18. The Kier molecular flexibility index (Phi) is 5.15. The number of piperazine rings is 1. The second kappa shape index (κ2) is 7.87. The summed E-state index contributed by atoms with van der Waals surface area (Å²) < 4.78 is 18.4. The van der Waals surface area contributed by atoms with Gasteiger partial charge in [0.15, 0.2) is 11.5 Å². The van der Waals surface area contributed by atoms with Crippen molar-refractivity contribution < 1.29 is 13.9 Å². The Bertz CT molecular complexity index is 770. The van der Waals surface area contributed by atoms with Crippen molar-refractivity contribution >= 4 is 17.4 Å². The maximum Gasteiger partial charge on any atom is 0.274 e. The van der Waals surface area contributed by atoms with Crippen LogP contribution in [0.4, 0.5) is 15.9 Å². The third kappa shape index (κ3) is 4.00. The fourth-order valence-electron chi connectivity index (χ4n) is 3.38. The third-order valence-electron chi connectivity index (χ3n) is 4.96. The number of morpholine rings is 1. The van der Waals surface area contributed by atoms with Crippen LogP contribution >= 0.6 is 0 Å². The second-order valence-corrected chi connectivity index (χ2v) is 6.63. The average Bonchev–Trinajstić information content (AvgIpc) is 2.75. The zero-order valence-electron chi connectivity index (χ0n) is 15.1. The molecular formula is C19H22FN5O2. The zero-order valence-corrected chi connectivity index (χ0v) is 15.1. The van der Waals surface area contributed by atoms with Crippen LogP contribution in [0.15, 0.2) is 36.4 Å². The van der Waals surface area contributed by atoms with Crippen LogP contribution in [0.1, 0.15) is 10.5 Å². The molecule has 1 amide bonds. The van der Waals surface area contributed by atoms with Crippen molar-refractivity contribution in [1.29, 1.82) is 0 Å². The number of amides is 1. The molecule has 2 aliphatic rings. The van der Waals surface area contributed by atoms with Gasteiger partial charge in [0.2, 0.25) is 0 Å². The van der Waals surface area contributed by atoms with Crippen molar-refractivity contribution in [1.82, 2.24) is 15.1 Å². The molecule has 0 spiro atoms. The van der Waals surface area contributed by atoms with Crippen molar-refractivity contribution in [3.63, 3.8) is 0 Å². The van der Waals surface area contributed by atoms with Gasteiger partial charge in [0.1, 0.15) is 5.82 Å². The molecule has 0 saturated carbocycles. The van der Waals surface area contributed by atoms with Gasteiger partial charge in [-0.25, -0.2) is 4.39 Å². The average molecular weight is 371 g/mol. The van der Waals surface area contributed by atoms with E-state index in [0.717, 1.165) is 24.6 Å². The van der Waals surface area contributed by atoms with Crippen LogP contribution in [0, 0.1) is 5.82 Å². The summed E-state index contributed by atoms with van der Waals surface area (Å²) in [7, 11) is 0. The van der Waals surface area contributed by atoms with E-state index in [-0.39, 0.29) is 11.7 Å². The molecular weight excluding hydrogens is 349 g/mol. The largest absolute Gasteiger partial charge is 0.378 e. The van der Waals surface area contributed by atoms with Gasteiger partial charge in [0, 0.05) is 45.0 Å². The Hall–Kier alpha value is -2.74. The van der Waals surface area contributed by atoms with Crippen LogP contribution < -0.4 is 9.80 Å². The number of carbonyl (C=O) groups is 1. The lowest BCUT2D eigenvalue weighted by Gasteiger charge is -2.36. The van der Waals surface area contributed by atoms with E-state index in [1.807, 2.05) is 6.07 Å². The number of hydrogen-bond acceptors (Lipinski definition) is 6. The molecule has 3 heterocycles. The summed E-state index contributed by atoms with van der Waals surface area (Å²) in [4.78, 5) is 18.7. The molecule has 2 aromatic rings. The summed E-state index contributed by atoms with van der Waals surface area (Å²) in [5, 5.41) is 8.35. The number of nitrogens with zero attached hydrogens (tertiary/aromatic N) is 5. The number of anilines is 2. The maximum atomic E-state index is 13.1. The lowest BCUT2D eigenvalue weighted by atomic mass is 10.2. The highest BCUT2D eigenvalue weighted by atomic mass is 19.1. The van der Waals surface area contributed by atoms with Crippen LogP contribution in [-0.2, 0) is 4.74 Å². The molecule has 4 rings (SSSR count). The van der Waals surface area contributed by atoms with Crippen LogP contribution in [0.2, 0.25) is 0 Å². The summed E-state index contributed by atoms with van der Waals surface area (Å²) in [6, 6.07) is 10.0. The normalized spacial score (nSPS) is 17.9. The van der Waals surface area contributed by atoms with E-state index in [0.29, 0.717) is 45.1 Å². The number of benzene rings is 1. The number of carbonyl (C=O) groups excluding carboxylic acids is 1. The topological polar surface area (TPSA) is 61.8 Å². The van der Waals surface area contributed by atoms with E-state index in [9.17, 15) is 9.18 Å². The number of rotatable bonds is 3. The molecule has 142 valence electrons. The number of aromatic nitrogens is 2. The molecule has 0 bridgehead atoms. The predicted molar refractivity (Wildman–Crippen MR) is 99.6 cm³/mol. The summed E-state index contributed by atoms with van der Waals surface area (Å²) in [5.74, 6) is 0.428. The number of ether oxygens (including phenoxy) is 1. The van der Waals surface area contributed by atoms with Crippen LogP contribution in [0.3, 0.4) is 0 Å². The molecule has 8 heteroatoms. The fraction of sp³-hybridized carbons (Fsp3) is 0.421. The van der Waals surface area contributed by atoms with E-state index < -0.39 is 0 Å².